The average Bonchev–Trinajstić information content (AvgIpc) is 3.31. The number of esters is 1. The molecular weight excluding hydrogens is 552 g/mol. The number of halogens is 8. The molecule has 12 heteroatoms. The third-order valence-electron chi connectivity index (χ3n) is 6.15. The highest BCUT2D eigenvalue weighted by Gasteiger charge is 2.79. The Balaban J connectivity index is 1.68. The lowest BCUT2D eigenvalue weighted by Crippen LogP contribution is -2.62. The number of ether oxygens (including phenoxy) is 2. The van der Waals surface area contributed by atoms with E-state index in [-0.39, 0.29) is 16.9 Å². The first kappa shape index (κ1) is 31.0. The molecule has 1 aromatic heterocycles. The first-order chi connectivity index (χ1) is 18.5. The van der Waals surface area contributed by atoms with Gasteiger partial charge in [0.2, 0.25) is 0 Å². The van der Waals surface area contributed by atoms with Crippen LogP contribution in [0.25, 0.3) is 22.3 Å². The van der Waals surface area contributed by atoms with Gasteiger partial charge in [-0.2, -0.15) is 35.1 Å². The molecule has 0 N–H and O–H groups in total. The fourth-order valence-electron chi connectivity index (χ4n) is 3.77. The number of rotatable bonds is 13. The summed E-state index contributed by atoms with van der Waals surface area (Å²) in [6.07, 6.45) is -3.38. The van der Waals surface area contributed by atoms with Crippen molar-refractivity contribution in [2.45, 2.75) is 56.8 Å². The molecule has 1 heterocycles. The second-order valence-electron chi connectivity index (χ2n) is 9.14. The summed E-state index contributed by atoms with van der Waals surface area (Å²) in [6.45, 7) is 3.61. The second-order valence-corrected chi connectivity index (χ2v) is 9.14. The van der Waals surface area contributed by atoms with E-state index in [1.165, 1.54) is 18.2 Å². The molecule has 0 saturated heterocycles. The zero-order valence-electron chi connectivity index (χ0n) is 21.5. The lowest BCUT2D eigenvalue weighted by Gasteiger charge is -2.36. The molecule has 0 aliphatic rings. The zero-order chi connectivity index (χ0) is 29.9. The van der Waals surface area contributed by atoms with Crippen LogP contribution in [0.3, 0.4) is 0 Å². The molecule has 0 spiro atoms. The van der Waals surface area contributed by atoms with Crippen molar-refractivity contribution in [3.63, 3.8) is 0 Å². The van der Waals surface area contributed by atoms with Crippen LogP contribution in [-0.4, -0.2) is 42.9 Å². The number of hydrogen-bond donors (Lipinski definition) is 0. The van der Waals surface area contributed by atoms with E-state index in [1.807, 2.05) is 31.2 Å². The molecule has 0 aliphatic heterocycles. The van der Waals surface area contributed by atoms with Crippen LogP contribution >= 0.6 is 0 Å². The lowest BCUT2D eigenvalue weighted by molar-refractivity contribution is -0.368. The first-order valence-electron chi connectivity index (χ1n) is 12.1. The van der Waals surface area contributed by atoms with Gasteiger partial charge in [0.25, 0.3) is 0 Å². The van der Waals surface area contributed by atoms with Gasteiger partial charge < -0.3 is 13.9 Å². The molecule has 3 aromatic rings. The first-order valence-corrected chi connectivity index (χ1v) is 12.1. The van der Waals surface area contributed by atoms with Crippen molar-refractivity contribution in [2.75, 3.05) is 13.2 Å². The second kappa shape index (κ2) is 11.5. The van der Waals surface area contributed by atoms with Gasteiger partial charge in [0, 0.05) is 22.6 Å². The van der Waals surface area contributed by atoms with E-state index in [2.05, 4.69) is 11.3 Å². The average molecular weight is 578 g/mol. The Labute approximate surface area is 224 Å². The van der Waals surface area contributed by atoms with Crippen LogP contribution in [0.4, 0.5) is 35.1 Å². The summed E-state index contributed by atoms with van der Waals surface area (Å²) in [7, 11) is 0. The fraction of sp³-hybridized carbons (Fsp3) is 0.393. The molecule has 0 saturated carbocycles. The molecule has 0 bridgehead atoms. The van der Waals surface area contributed by atoms with Gasteiger partial charge in [-0.15, -0.1) is 0 Å². The van der Waals surface area contributed by atoms with Crippen molar-refractivity contribution in [2.24, 2.45) is 0 Å². The fourth-order valence-corrected chi connectivity index (χ4v) is 3.77. The maximum absolute atomic E-state index is 14.2. The van der Waals surface area contributed by atoms with E-state index in [4.69, 9.17) is 9.15 Å². The van der Waals surface area contributed by atoms with Crippen molar-refractivity contribution >= 4 is 16.9 Å². The van der Waals surface area contributed by atoms with Crippen LogP contribution in [0.15, 0.2) is 65.1 Å². The molecule has 40 heavy (non-hydrogen) atoms. The summed E-state index contributed by atoms with van der Waals surface area (Å²) >= 11 is 0. The van der Waals surface area contributed by atoms with Gasteiger partial charge in [-0.3, -0.25) is 0 Å². The van der Waals surface area contributed by atoms with E-state index in [0.717, 1.165) is 24.5 Å². The Hall–Kier alpha value is -3.57. The Bertz CT molecular complexity index is 1360. The molecule has 0 fully saturated rings. The molecule has 0 unspecified atom stereocenters. The topological polar surface area (TPSA) is 48.7 Å². The third-order valence-corrected chi connectivity index (χ3v) is 6.15. The predicted octanol–water partition coefficient (Wildman–Crippen LogP) is 8.48. The number of hydrogen-bond acceptors (Lipinski definition) is 4. The Morgan fingerprint density at radius 2 is 1.48 bits per heavy atom. The molecule has 4 nitrogen and oxygen atoms in total. The summed E-state index contributed by atoms with van der Waals surface area (Å²) in [6, 6.07) is 13.4. The van der Waals surface area contributed by atoms with E-state index in [0.29, 0.717) is 11.1 Å². The lowest BCUT2D eigenvalue weighted by atomic mass is 9.95. The molecule has 3 rings (SSSR count). The van der Waals surface area contributed by atoms with Crippen LogP contribution in [0.2, 0.25) is 0 Å². The summed E-state index contributed by atoms with van der Waals surface area (Å²) in [4.78, 5) is 11.2. The molecule has 0 aliphatic carbocycles. The highest BCUT2D eigenvalue weighted by Crippen LogP contribution is 2.54. The minimum Gasteiger partial charge on any atom is -0.493 e. The highest BCUT2D eigenvalue weighted by molar-refractivity contribution is 5.87. The molecule has 0 amide bonds. The number of benzene rings is 2. The summed E-state index contributed by atoms with van der Waals surface area (Å²) in [5.74, 6) is -25.0. The highest BCUT2D eigenvalue weighted by atomic mass is 19.4. The number of alkyl halides is 8. The van der Waals surface area contributed by atoms with Gasteiger partial charge in [-0.25, -0.2) is 4.79 Å². The van der Waals surface area contributed by atoms with Gasteiger partial charge in [-0.05, 0) is 37.1 Å². The predicted molar refractivity (Wildman–Crippen MR) is 131 cm³/mol. The van der Waals surface area contributed by atoms with E-state index in [9.17, 15) is 39.9 Å². The van der Waals surface area contributed by atoms with E-state index >= 15 is 0 Å². The van der Waals surface area contributed by atoms with Gasteiger partial charge in [0.05, 0.1) is 26.1 Å². The van der Waals surface area contributed by atoms with Crippen LogP contribution in [-0.2, 0) is 16.0 Å². The molecule has 0 radical (unpaired) electrons. The van der Waals surface area contributed by atoms with Crippen LogP contribution in [0.1, 0.15) is 32.3 Å². The van der Waals surface area contributed by atoms with E-state index in [1.54, 1.807) is 6.07 Å². The maximum Gasteiger partial charge on any atom is 0.378 e. The van der Waals surface area contributed by atoms with Crippen molar-refractivity contribution in [1.82, 2.24) is 0 Å². The minimum absolute atomic E-state index is 0.0901. The zero-order valence-corrected chi connectivity index (χ0v) is 21.5. The maximum atomic E-state index is 14.2. The number of fused-ring (bicyclic) bond motifs is 1. The minimum atomic E-state index is -6.47. The summed E-state index contributed by atoms with van der Waals surface area (Å²) in [5.41, 5.74) is 1.86. The number of furan rings is 1. The van der Waals surface area contributed by atoms with Crippen molar-refractivity contribution in [3.05, 3.63) is 66.2 Å². The smallest absolute Gasteiger partial charge is 0.378 e. The number of carbonyl (C=O) groups is 1. The standard InChI is InChI=1S/C28H26F8O4/c1-4-18-7-5-6-8-21(18)23-15-19-9-10-20(16-22(19)40-23)38-13-11-25(29,30)27(33,34)28(35,36)26(31,32)12-14-39-24(37)17(2)3/h5-10,15-16H,2,4,11-14H2,1,3H3. The van der Waals surface area contributed by atoms with Crippen LogP contribution in [0, 0.1) is 0 Å². The monoisotopic (exact) mass is 578 g/mol. The summed E-state index contributed by atoms with van der Waals surface area (Å²) in [5, 5.41) is 0.626. The van der Waals surface area contributed by atoms with Crippen molar-refractivity contribution in [3.8, 4) is 17.1 Å². The largest absolute Gasteiger partial charge is 0.493 e. The normalized spacial score (nSPS) is 12.9. The summed E-state index contributed by atoms with van der Waals surface area (Å²) < 4.78 is 128. The molecular formula is C28H26F8O4. The Morgan fingerprint density at radius 1 is 0.875 bits per heavy atom. The van der Waals surface area contributed by atoms with E-state index < -0.39 is 55.7 Å². The van der Waals surface area contributed by atoms with Crippen LogP contribution in [0.5, 0.6) is 5.75 Å². The van der Waals surface area contributed by atoms with Crippen molar-refractivity contribution in [1.29, 1.82) is 0 Å². The SMILES string of the molecule is C=C(C)C(=O)OCCC(F)(F)C(F)(F)C(F)(F)C(F)(F)CCOc1ccc2cc(-c3ccccc3CC)oc2c1. The van der Waals surface area contributed by atoms with Gasteiger partial charge >= 0.3 is 29.7 Å². The van der Waals surface area contributed by atoms with Gasteiger partial charge in [0.15, 0.2) is 0 Å². The van der Waals surface area contributed by atoms with Gasteiger partial charge in [-0.1, -0.05) is 37.8 Å². The molecule has 218 valence electrons. The van der Waals surface area contributed by atoms with Crippen molar-refractivity contribution < 1.29 is 53.8 Å². The quantitative estimate of drug-likeness (QED) is 0.116. The van der Waals surface area contributed by atoms with Gasteiger partial charge in [0.1, 0.15) is 17.1 Å². The molecule has 0 atom stereocenters. The Morgan fingerprint density at radius 3 is 2.08 bits per heavy atom. The molecule has 2 aromatic carbocycles. The Kier molecular flexibility index (Phi) is 8.90. The third kappa shape index (κ3) is 6.10. The number of carbonyl (C=O) groups excluding carboxylic acids is 1. The van der Waals surface area contributed by atoms with Crippen LogP contribution < -0.4 is 4.74 Å². The number of aryl methyl sites for hydroxylation is 1.